The number of hydrogen-bond acceptors (Lipinski definition) is 3. The lowest BCUT2D eigenvalue weighted by atomic mass is 10.2. The summed E-state index contributed by atoms with van der Waals surface area (Å²) in [5, 5.41) is 14.0. The fourth-order valence-electron chi connectivity index (χ4n) is 1.89. The highest BCUT2D eigenvalue weighted by molar-refractivity contribution is 5.48. The zero-order valence-corrected chi connectivity index (χ0v) is 11.0. The molecule has 0 bridgehead atoms. The summed E-state index contributed by atoms with van der Waals surface area (Å²) in [4.78, 5) is 10.5. The van der Waals surface area contributed by atoms with E-state index in [2.05, 4.69) is 5.32 Å². The minimum Gasteiger partial charge on any atom is -0.309 e. The van der Waals surface area contributed by atoms with Crippen LogP contribution in [-0.2, 0) is 6.54 Å². The largest absolute Gasteiger partial charge is 0.309 e. The van der Waals surface area contributed by atoms with E-state index in [0.717, 1.165) is 5.56 Å². The number of nitrogens with one attached hydrogen (secondary N) is 1. The van der Waals surface area contributed by atoms with Crippen molar-refractivity contribution in [1.29, 1.82) is 0 Å². The van der Waals surface area contributed by atoms with Crippen molar-refractivity contribution in [2.24, 2.45) is 0 Å². The van der Waals surface area contributed by atoms with Crippen molar-refractivity contribution >= 4 is 11.8 Å². The summed E-state index contributed by atoms with van der Waals surface area (Å²) in [6.07, 6.45) is 4.02. The van der Waals surface area contributed by atoms with Crippen LogP contribution >= 0.6 is 0 Å². The van der Waals surface area contributed by atoms with Crippen LogP contribution in [0.15, 0.2) is 60.7 Å². The van der Waals surface area contributed by atoms with Gasteiger partial charge in [0.1, 0.15) is 0 Å². The van der Waals surface area contributed by atoms with Crippen LogP contribution in [0.5, 0.6) is 0 Å². The summed E-state index contributed by atoms with van der Waals surface area (Å²) < 4.78 is 0. The minimum atomic E-state index is -0.350. The first-order valence-corrected chi connectivity index (χ1v) is 6.42. The second-order valence-electron chi connectivity index (χ2n) is 4.33. The third-order valence-corrected chi connectivity index (χ3v) is 2.88. The van der Waals surface area contributed by atoms with Crippen LogP contribution in [0.25, 0.3) is 6.08 Å². The Morgan fingerprint density at radius 2 is 1.75 bits per heavy atom. The van der Waals surface area contributed by atoms with E-state index in [0.29, 0.717) is 18.7 Å². The van der Waals surface area contributed by atoms with Gasteiger partial charge in [0, 0.05) is 24.7 Å². The molecule has 0 aromatic heterocycles. The quantitative estimate of drug-likeness (QED) is 0.496. The fourth-order valence-corrected chi connectivity index (χ4v) is 1.89. The van der Waals surface area contributed by atoms with Gasteiger partial charge in [0.25, 0.3) is 5.69 Å². The van der Waals surface area contributed by atoms with Gasteiger partial charge in [-0.1, -0.05) is 60.7 Å². The predicted octanol–water partition coefficient (Wildman–Crippen LogP) is 3.40. The molecule has 0 amide bonds. The van der Waals surface area contributed by atoms with Gasteiger partial charge in [-0.25, -0.2) is 0 Å². The molecule has 20 heavy (non-hydrogen) atoms. The van der Waals surface area contributed by atoms with Crippen molar-refractivity contribution in [3.63, 3.8) is 0 Å². The molecule has 4 heteroatoms. The second-order valence-corrected chi connectivity index (χ2v) is 4.33. The van der Waals surface area contributed by atoms with Crippen molar-refractivity contribution in [2.75, 3.05) is 6.54 Å². The molecule has 0 atom stereocenters. The van der Waals surface area contributed by atoms with Gasteiger partial charge >= 0.3 is 0 Å². The third kappa shape index (κ3) is 4.03. The maximum absolute atomic E-state index is 10.9. The van der Waals surface area contributed by atoms with E-state index in [-0.39, 0.29) is 10.6 Å². The number of hydrogen-bond donors (Lipinski definition) is 1. The minimum absolute atomic E-state index is 0.159. The van der Waals surface area contributed by atoms with Crippen molar-refractivity contribution in [3.05, 3.63) is 81.9 Å². The van der Waals surface area contributed by atoms with Crippen LogP contribution < -0.4 is 5.32 Å². The molecule has 0 radical (unpaired) electrons. The molecule has 0 aliphatic rings. The van der Waals surface area contributed by atoms with Crippen LogP contribution in [0.1, 0.15) is 11.1 Å². The number of para-hydroxylation sites is 1. The molecule has 0 aliphatic heterocycles. The van der Waals surface area contributed by atoms with Gasteiger partial charge in [0.2, 0.25) is 0 Å². The first-order valence-electron chi connectivity index (χ1n) is 6.42. The van der Waals surface area contributed by atoms with Gasteiger partial charge in [-0.3, -0.25) is 10.1 Å². The highest BCUT2D eigenvalue weighted by Crippen LogP contribution is 2.16. The smallest absolute Gasteiger partial charge is 0.273 e. The van der Waals surface area contributed by atoms with Crippen LogP contribution in [0.4, 0.5) is 5.69 Å². The second kappa shape index (κ2) is 7.21. The Kier molecular flexibility index (Phi) is 5.03. The zero-order chi connectivity index (χ0) is 14.2. The Bertz CT molecular complexity index is 594. The fraction of sp³-hybridized carbons (Fsp3) is 0.125. The van der Waals surface area contributed by atoms with Gasteiger partial charge in [-0.05, 0) is 5.56 Å². The number of benzene rings is 2. The van der Waals surface area contributed by atoms with Gasteiger partial charge in [0.05, 0.1) is 4.92 Å². The van der Waals surface area contributed by atoms with E-state index in [1.54, 1.807) is 12.1 Å². The van der Waals surface area contributed by atoms with Gasteiger partial charge in [-0.15, -0.1) is 0 Å². The van der Waals surface area contributed by atoms with E-state index in [1.165, 1.54) is 6.07 Å². The summed E-state index contributed by atoms with van der Waals surface area (Å²) in [7, 11) is 0. The molecule has 0 spiro atoms. The monoisotopic (exact) mass is 268 g/mol. The Labute approximate surface area is 117 Å². The summed E-state index contributed by atoms with van der Waals surface area (Å²) in [5.74, 6) is 0. The summed E-state index contributed by atoms with van der Waals surface area (Å²) in [6.45, 7) is 1.15. The summed E-state index contributed by atoms with van der Waals surface area (Å²) in [6, 6.07) is 16.8. The number of nitro groups is 1. The SMILES string of the molecule is O=[N+]([O-])c1ccccc1CNCC=Cc1ccccc1. The molecule has 0 saturated carbocycles. The third-order valence-electron chi connectivity index (χ3n) is 2.88. The molecule has 1 N–H and O–H groups in total. The molecule has 0 aliphatic carbocycles. The van der Waals surface area contributed by atoms with Crippen molar-refractivity contribution in [2.45, 2.75) is 6.54 Å². The predicted molar refractivity (Wildman–Crippen MR) is 80.3 cm³/mol. The average Bonchev–Trinajstić information content (AvgIpc) is 2.48. The van der Waals surface area contributed by atoms with Crippen molar-refractivity contribution < 1.29 is 4.92 Å². The normalized spacial score (nSPS) is 10.8. The average molecular weight is 268 g/mol. The maximum Gasteiger partial charge on any atom is 0.273 e. The van der Waals surface area contributed by atoms with Gasteiger partial charge in [-0.2, -0.15) is 0 Å². The molecule has 0 saturated heterocycles. The Balaban J connectivity index is 1.85. The van der Waals surface area contributed by atoms with Crippen LogP contribution in [0.3, 0.4) is 0 Å². The van der Waals surface area contributed by atoms with Crippen molar-refractivity contribution in [1.82, 2.24) is 5.32 Å². The van der Waals surface area contributed by atoms with Crippen LogP contribution in [0, 0.1) is 10.1 Å². The van der Waals surface area contributed by atoms with E-state index < -0.39 is 0 Å². The van der Waals surface area contributed by atoms with Gasteiger partial charge < -0.3 is 5.32 Å². The number of nitro benzene ring substituents is 1. The first-order chi connectivity index (χ1) is 9.77. The summed E-state index contributed by atoms with van der Waals surface area (Å²) >= 11 is 0. The van der Waals surface area contributed by atoms with Gasteiger partial charge in [0.15, 0.2) is 0 Å². The molecular formula is C16H16N2O2. The zero-order valence-electron chi connectivity index (χ0n) is 11.0. The molecule has 0 heterocycles. The van der Waals surface area contributed by atoms with E-state index >= 15 is 0 Å². The molecule has 102 valence electrons. The maximum atomic E-state index is 10.9. The molecule has 4 nitrogen and oxygen atoms in total. The van der Waals surface area contributed by atoms with E-state index in [1.807, 2.05) is 48.6 Å². The molecule has 2 aromatic rings. The Morgan fingerprint density at radius 3 is 2.50 bits per heavy atom. The lowest BCUT2D eigenvalue weighted by molar-refractivity contribution is -0.385. The molecule has 2 aromatic carbocycles. The lowest BCUT2D eigenvalue weighted by Gasteiger charge is -2.03. The van der Waals surface area contributed by atoms with E-state index in [4.69, 9.17) is 0 Å². The topological polar surface area (TPSA) is 55.2 Å². The van der Waals surface area contributed by atoms with Crippen LogP contribution in [0.2, 0.25) is 0 Å². The van der Waals surface area contributed by atoms with E-state index in [9.17, 15) is 10.1 Å². The molecule has 2 rings (SSSR count). The Morgan fingerprint density at radius 1 is 1.05 bits per heavy atom. The van der Waals surface area contributed by atoms with Crippen LogP contribution in [-0.4, -0.2) is 11.5 Å². The standard InChI is InChI=1S/C16H16N2O2/c19-18(20)16-11-5-4-10-15(16)13-17-12-6-9-14-7-2-1-3-8-14/h1-11,17H,12-13H2. The summed E-state index contributed by atoms with van der Waals surface area (Å²) in [5.41, 5.74) is 2.00. The van der Waals surface area contributed by atoms with Crippen molar-refractivity contribution in [3.8, 4) is 0 Å². The first kappa shape index (κ1) is 14.0. The lowest BCUT2D eigenvalue weighted by Crippen LogP contribution is -2.13. The number of nitrogens with zero attached hydrogens (tertiary/aromatic N) is 1. The molecule has 0 fully saturated rings. The highest BCUT2D eigenvalue weighted by atomic mass is 16.6. The highest BCUT2D eigenvalue weighted by Gasteiger charge is 2.10. The Hall–Kier alpha value is -2.46. The number of rotatable bonds is 6. The molecule has 0 unspecified atom stereocenters. The molecular weight excluding hydrogens is 252 g/mol.